The van der Waals surface area contributed by atoms with Gasteiger partial charge in [-0.2, -0.15) is 0 Å². The van der Waals surface area contributed by atoms with Crippen LogP contribution >= 0.6 is 0 Å². The zero-order chi connectivity index (χ0) is 14.8. The Morgan fingerprint density at radius 2 is 1.80 bits per heavy atom. The molecule has 4 heteroatoms. The summed E-state index contributed by atoms with van der Waals surface area (Å²) < 4.78 is 0. The van der Waals surface area contributed by atoms with Gasteiger partial charge in [0.15, 0.2) is 0 Å². The van der Waals surface area contributed by atoms with E-state index >= 15 is 0 Å². The second kappa shape index (κ2) is 3.99. The highest BCUT2D eigenvalue weighted by Crippen LogP contribution is 2.68. The lowest BCUT2D eigenvalue weighted by molar-refractivity contribution is -0.132. The molecular formula is C16H26N2O2. The number of nitrogens with one attached hydrogen (secondary N) is 2. The molecule has 1 unspecified atom stereocenters. The van der Waals surface area contributed by atoms with Crippen molar-refractivity contribution in [2.24, 2.45) is 16.7 Å². The van der Waals surface area contributed by atoms with Crippen LogP contribution in [0.1, 0.15) is 59.8 Å². The van der Waals surface area contributed by atoms with E-state index in [0.717, 1.165) is 25.7 Å². The van der Waals surface area contributed by atoms with Crippen LogP contribution < -0.4 is 10.6 Å². The number of amides is 2. The Morgan fingerprint density at radius 1 is 1.20 bits per heavy atom. The maximum Gasteiger partial charge on any atom is 0.224 e. The van der Waals surface area contributed by atoms with Crippen molar-refractivity contribution in [3.8, 4) is 0 Å². The van der Waals surface area contributed by atoms with Crippen LogP contribution in [-0.4, -0.2) is 23.4 Å². The highest BCUT2D eigenvalue weighted by molar-refractivity contribution is 5.85. The summed E-state index contributed by atoms with van der Waals surface area (Å²) in [6.45, 7) is 8.66. The first-order valence-electron chi connectivity index (χ1n) is 7.82. The van der Waals surface area contributed by atoms with Crippen LogP contribution in [0, 0.1) is 16.7 Å². The molecule has 1 saturated heterocycles. The van der Waals surface area contributed by atoms with Crippen molar-refractivity contribution >= 4 is 11.8 Å². The molecule has 4 nitrogen and oxygen atoms in total. The van der Waals surface area contributed by atoms with E-state index < -0.39 is 0 Å². The average molecular weight is 278 g/mol. The van der Waals surface area contributed by atoms with Crippen molar-refractivity contribution in [1.29, 1.82) is 0 Å². The number of hydrogen-bond donors (Lipinski definition) is 2. The Morgan fingerprint density at radius 3 is 2.25 bits per heavy atom. The Kier molecular flexibility index (Phi) is 2.77. The molecule has 0 bridgehead atoms. The molecule has 2 N–H and O–H groups in total. The minimum atomic E-state index is -0.145. The summed E-state index contributed by atoms with van der Waals surface area (Å²) in [7, 11) is 0. The van der Waals surface area contributed by atoms with Gasteiger partial charge in [0.2, 0.25) is 11.8 Å². The Bertz CT molecular complexity index is 449. The first kappa shape index (κ1) is 13.9. The molecule has 1 heterocycles. The first-order chi connectivity index (χ1) is 9.21. The maximum absolute atomic E-state index is 12.6. The molecule has 2 saturated carbocycles. The number of hydrogen-bond acceptors (Lipinski definition) is 2. The summed E-state index contributed by atoms with van der Waals surface area (Å²) in [5, 5.41) is 6.38. The van der Waals surface area contributed by atoms with Gasteiger partial charge in [0.05, 0.1) is 11.6 Å². The second-order valence-corrected chi connectivity index (χ2v) is 8.03. The average Bonchev–Trinajstić information content (AvgIpc) is 2.69. The van der Waals surface area contributed by atoms with Gasteiger partial charge in [-0.25, -0.2) is 0 Å². The molecule has 1 aliphatic heterocycles. The fourth-order valence-electron chi connectivity index (χ4n) is 4.33. The SMILES string of the molecule is CC1(C)C(C(=O)NC2CCC(=O)NC23CCC3)C1(C)C. The third-order valence-electron chi connectivity index (χ3n) is 6.56. The molecule has 0 aromatic carbocycles. The standard InChI is InChI=1S/C16H26N2O2/c1-14(2)12(15(14,3)4)13(20)17-10-6-7-11(19)18-16(10)8-5-9-16/h10,12H,5-9H2,1-4H3,(H,17,20)(H,18,19). The normalized spacial score (nSPS) is 33.2. The smallest absolute Gasteiger partial charge is 0.224 e. The number of carbonyl (C=O) groups excluding carboxylic acids is 2. The summed E-state index contributed by atoms with van der Waals surface area (Å²) >= 11 is 0. The van der Waals surface area contributed by atoms with Gasteiger partial charge in [-0.15, -0.1) is 0 Å². The fraction of sp³-hybridized carbons (Fsp3) is 0.875. The minimum absolute atomic E-state index is 0.0712. The van der Waals surface area contributed by atoms with Crippen LogP contribution in [0.25, 0.3) is 0 Å². The fourth-order valence-corrected chi connectivity index (χ4v) is 4.33. The third kappa shape index (κ3) is 1.73. The first-order valence-corrected chi connectivity index (χ1v) is 7.82. The summed E-state index contributed by atoms with van der Waals surface area (Å²) in [5.74, 6) is 0.402. The van der Waals surface area contributed by atoms with E-state index in [1.165, 1.54) is 0 Å². The monoisotopic (exact) mass is 278 g/mol. The lowest BCUT2D eigenvalue weighted by Gasteiger charge is -2.51. The van der Waals surface area contributed by atoms with Crippen LogP contribution in [0.15, 0.2) is 0 Å². The van der Waals surface area contributed by atoms with Crippen LogP contribution in [-0.2, 0) is 9.59 Å². The molecule has 2 aliphatic carbocycles. The number of piperidine rings is 1. The van der Waals surface area contributed by atoms with Crippen LogP contribution in [0.5, 0.6) is 0 Å². The molecule has 2 amide bonds. The lowest BCUT2D eigenvalue weighted by atomic mass is 9.68. The van der Waals surface area contributed by atoms with Gasteiger partial charge >= 0.3 is 0 Å². The van der Waals surface area contributed by atoms with Crippen molar-refractivity contribution in [3.05, 3.63) is 0 Å². The van der Waals surface area contributed by atoms with Crippen molar-refractivity contribution < 1.29 is 9.59 Å². The molecule has 0 aromatic rings. The molecule has 3 fully saturated rings. The summed E-state index contributed by atoms with van der Waals surface area (Å²) in [6.07, 6.45) is 4.46. The van der Waals surface area contributed by atoms with Crippen LogP contribution in [0.2, 0.25) is 0 Å². The molecular weight excluding hydrogens is 252 g/mol. The van der Waals surface area contributed by atoms with Gasteiger partial charge in [0.25, 0.3) is 0 Å². The van der Waals surface area contributed by atoms with E-state index in [1.807, 2.05) is 0 Å². The van der Waals surface area contributed by atoms with Crippen molar-refractivity contribution in [2.75, 3.05) is 0 Å². The summed E-state index contributed by atoms with van der Waals surface area (Å²) in [4.78, 5) is 24.2. The van der Waals surface area contributed by atoms with Crippen molar-refractivity contribution in [3.63, 3.8) is 0 Å². The maximum atomic E-state index is 12.6. The molecule has 1 atom stereocenters. The van der Waals surface area contributed by atoms with E-state index in [9.17, 15) is 9.59 Å². The van der Waals surface area contributed by atoms with E-state index in [2.05, 4.69) is 38.3 Å². The van der Waals surface area contributed by atoms with Gasteiger partial charge in [-0.3, -0.25) is 9.59 Å². The second-order valence-electron chi connectivity index (χ2n) is 8.03. The van der Waals surface area contributed by atoms with E-state index in [4.69, 9.17) is 0 Å². The van der Waals surface area contributed by atoms with Crippen molar-refractivity contribution in [1.82, 2.24) is 10.6 Å². The van der Waals surface area contributed by atoms with E-state index in [0.29, 0.717) is 6.42 Å². The highest BCUT2D eigenvalue weighted by Gasteiger charge is 2.68. The minimum Gasteiger partial charge on any atom is -0.351 e. The Balaban J connectivity index is 1.69. The summed E-state index contributed by atoms with van der Waals surface area (Å²) in [6, 6.07) is 0.119. The molecule has 3 rings (SSSR count). The Labute approximate surface area is 121 Å². The predicted octanol–water partition coefficient (Wildman–Crippen LogP) is 1.99. The van der Waals surface area contributed by atoms with Gasteiger partial charge < -0.3 is 10.6 Å². The zero-order valence-electron chi connectivity index (χ0n) is 13.0. The molecule has 20 heavy (non-hydrogen) atoms. The molecule has 0 radical (unpaired) electrons. The van der Waals surface area contributed by atoms with Gasteiger partial charge in [0, 0.05) is 12.3 Å². The zero-order valence-corrected chi connectivity index (χ0v) is 13.0. The van der Waals surface area contributed by atoms with Crippen LogP contribution in [0.4, 0.5) is 0 Å². The topological polar surface area (TPSA) is 58.2 Å². The van der Waals surface area contributed by atoms with E-state index in [-0.39, 0.29) is 40.1 Å². The third-order valence-corrected chi connectivity index (χ3v) is 6.56. The lowest BCUT2D eigenvalue weighted by Crippen LogP contribution is -2.68. The van der Waals surface area contributed by atoms with Crippen LogP contribution in [0.3, 0.4) is 0 Å². The molecule has 3 aliphatic rings. The quantitative estimate of drug-likeness (QED) is 0.811. The Hall–Kier alpha value is -1.06. The molecule has 112 valence electrons. The summed E-state index contributed by atoms with van der Waals surface area (Å²) in [5.41, 5.74) is -0.00226. The molecule has 1 spiro atoms. The number of carbonyl (C=O) groups is 2. The van der Waals surface area contributed by atoms with Gasteiger partial charge in [-0.1, -0.05) is 27.7 Å². The molecule has 0 aromatic heterocycles. The number of rotatable bonds is 2. The van der Waals surface area contributed by atoms with Gasteiger partial charge in [-0.05, 0) is 36.5 Å². The van der Waals surface area contributed by atoms with Crippen molar-refractivity contribution in [2.45, 2.75) is 71.4 Å². The predicted molar refractivity (Wildman–Crippen MR) is 76.9 cm³/mol. The van der Waals surface area contributed by atoms with Gasteiger partial charge in [0.1, 0.15) is 0 Å². The highest BCUT2D eigenvalue weighted by atomic mass is 16.2. The van der Waals surface area contributed by atoms with E-state index in [1.54, 1.807) is 0 Å². The largest absolute Gasteiger partial charge is 0.351 e.